The van der Waals surface area contributed by atoms with E-state index in [4.69, 9.17) is 0 Å². The molecule has 5 rings (SSSR count). The van der Waals surface area contributed by atoms with Crippen molar-refractivity contribution in [3.8, 4) is 0 Å². The number of nitrogens with zero attached hydrogens (tertiary/aromatic N) is 2. The number of benzene rings is 1. The monoisotopic (exact) mass is 427 g/mol. The normalized spacial score (nSPS) is 14.5. The van der Waals surface area contributed by atoms with Gasteiger partial charge in [-0.15, -0.1) is 0 Å². The molecule has 2 aliphatic carbocycles. The van der Waals surface area contributed by atoms with Crippen LogP contribution in [0.25, 0.3) is 11.0 Å². The molecule has 0 saturated carbocycles. The molecule has 0 amide bonds. The molecule has 32 heavy (non-hydrogen) atoms. The number of hydrogen-bond acceptors (Lipinski definition) is 3. The summed E-state index contributed by atoms with van der Waals surface area (Å²) in [6.45, 7) is 8.19. The zero-order chi connectivity index (χ0) is 23.3. The molecule has 0 spiro atoms. The summed E-state index contributed by atoms with van der Waals surface area (Å²) in [4.78, 5) is 29.1. The van der Waals surface area contributed by atoms with Crippen LogP contribution in [0.4, 0.5) is 0 Å². The second-order valence-electron chi connectivity index (χ2n) is 8.15. The summed E-state index contributed by atoms with van der Waals surface area (Å²) in [6, 6.07) is 10.5. The van der Waals surface area contributed by atoms with Gasteiger partial charge in [0.15, 0.2) is 5.78 Å². The van der Waals surface area contributed by atoms with E-state index < -0.39 is 0 Å². The highest BCUT2D eigenvalue weighted by Gasteiger charge is 2.22. The van der Waals surface area contributed by atoms with Gasteiger partial charge in [0.25, 0.3) is 0 Å². The van der Waals surface area contributed by atoms with Crippen LogP contribution in [0, 0.1) is 18.8 Å². The van der Waals surface area contributed by atoms with Gasteiger partial charge in [-0.25, -0.2) is 4.98 Å². The van der Waals surface area contributed by atoms with Crippen LogP contribution in [-0.4, -0.2) is 15.3 Å². The maximum atomic E-state index is 12.5. The molecule has 0 atom stereocenters. The molecule has 3 aromatic rings. The molecule has 0 fully saturated rings. The largest absolute Gasteiger partial charge is 0.335 e. The molecule has 0 saturated heterocycles. The highest BCUT2D eigenvalue weighted by molar-refractivity contribution is 6.11. The highest BCUT2D eigenvalue weighted by Crippen LogP contribution is 2.25. The van der Waals surface area contributed by atoms with Crippen LogP contribution < -0.4 is 5.43 Å². The van der Waals surface area contributed by atoms with Crippen molar-refractivity contribution in [2.75, 3.05) is 0 Å². The number of carbonyl (C=O) groups excluding carboxylic acids is 1. The Labute approximate surface area is 190 Å². The van der Waals surface area contributed by atoms with Gasteiger partial charge in [0, 0.05) is 19.4 Å². The number of fused-ring (bicyclic) bond motifs is 2. The standard InChI is InChI=1S/C16H13N2O2.C10H12.C2H6/c1-10-7-12-15(20)13(9-18(2)16(12)17-8-10)14(19)11-5-3-4-6-11;1-8-6-9-4-2-3-5-10(9)7-8;1-2/h3-9H,1-2H3;2-5,8H,6-7H2,1H3;1-2H3. The number of allylic oxidation sites excluding steroid dienone is 4. The average Bonchev–Trinajstić information content (AvgIpc) is 3.46. The van der Waals surface area contributed by atoms with E-state index in [1.807, 2.05) is 20.8 Å². The van der Waals surface area contributed by atoms with Gasteiger partial charge < -0.3 is 4.57 Å². The van der Waals surface area contributed by atoms with Gasteiger partial charge in [-0.1, -0.05) is 69.3 Å². The molecule has 4 nitrogen and oxygen atoms in total. The highest BCUT2D eigenvalue weighted by atomic mass is 16.1. The molecule has 0 aliphatic heterocycles. The lowest BCUT2D eigenvalue weighted by atomic mass is 9.99. The fraction of sp³-hybridized carbons (Fsp3) is 0.286. The van der Waals surface area contributed by atoms with Crippen molar-refractivity contribution in [2.45, 2.75) is 40.5 Å². The average molecular weight is 428 g/mol. The molecule has 0 unspecified atom stereocenters. The predicted molar refractivity (Wildman–Crippen MR) is 132 cm³/mol. The van der Waals surface area contributed by atoms with Crippen molar-refractivity contribution in [3.05, 3.63) is 105 Å². The number of aromatic nitrogens is 2. The SMILES string of the molecule is CC.CC1Cc2ccccc2C1.Cc1cnc2c(c1)c(=O)c(C(=O)[C]1C=CC=C1)cn2C. The van der Waals surface area contributed by atoms with E-state index >= 15 is 0 Å². The first-order chi connectivity index (χ1) is 15.4. The van der Waals surface area contributed by atoms with Gasteiger partial charge in [0.1, 0.15) is 5.65 Å². The van der Waals surface area contributed by atoms with Crippen molar-refractivity contribution in [1.29, 1.82) is 0 Å². The Balaban J connectivity index is 0.000000201. The van der Waals surface area contributed by atoms with Crippen molar-refractivity contribution < 1.29 is 4.79 Å². The summed E-state index contributed by atoms with van der Waals surface area (Å²) in [5.74, 6) is 1.15. The molecular weight excluding hydrogens is 396 g/mol. The van der Waals surface area contributed by atoms with Gasteiger partial charge in [-0.05, 0) is 48.4 Å². The van der Waals surface area contributed by atoms with Crippen molar-refractivity contribution in [2.24, 2.45) is 13.0 Å². The number of aryl methyl sites for hydroxylation is 2. The summed E-state index contributed by atoms with van der Waals surface area (Å²) in [5, 5.41) is 0.477. The van der Waals surface area contributed by atoms with E-state index in [1.54, 1.807) is 65.5 Å². The van der Waals surface area contributed by atoms with Gasteiger partial charge in [0.2, 0.25) is 5.43 Å². The van der Waals surface area contributed by atoms with Gasteiger partial charge >= 0.3 is 0 Å². The van der Waals surface area contributed by atoms with Crippen LogP contribution >= 0.6 is 0 Å². The molecular formula is C28H31N2O2. The van der Waals surface area contributed by atoms with E-state index in [-0.39, 0.29) is 16.8 Å². The first-order valence-corrected chi connectivity index (χ1v) is 11.2. The third-order valence-corrected chi connectivity index (χ3v) is 5.57. The minimum atomic E-state index is -0.263. The smallest absolute Gasteiger partial charge is 0.201 e. The second-order valence-corrected chi connectivity index (χ2v) is 8.15. The van der Waals surface area contributed by atoms with Crippen LogP contribution in [0.5, 0.6) is 0 Å². The predicted octanol–water partition coefficient (Wildman–Crippen LogP) is 5.57. The Morgan fingerprint density at radius 3 is 2.25 bits per heavy atom. The summed E-state index contributed by atoms with van der Waals surface area (Å²) in [5.41, 5.74) is 4.52. The summed E-state index contributed by atoms with van der Waals surface area (Å²) >= 11 is 0. The Morgan fingerprint density at radius 2 is 1.66 bits per heavy atom. The van der Waals surface area contributed by atoms with Crippen LogP contribution in [0.15, 0.2) is 71.8 Å². The molecule has 2 heterocycles. The van der Waals surface area contributed by atoms with E-state index in [0.29, 0.717) is 17.0 Å². The molecule has 0 bridgehead atoms. The Kier molecular flexibility index (Phi) is 7.57. The van der Waals surface area contributed by atoms with Crippen molar-refractivity contribution >= 4 is 16.8 Å². The lowest BCUT2D eigenvalue weighted by Crippen LogP contribution is -2.21. The number of Topliss-reactive ketones (excluding diaryl/α,β-unsaturated/α-hetero) is 1. The molecule has 0 N–H and O–H groups in total. The molecule has 2 aliphatic rings. The number of rotatable bonds is 2. The molecule has 4 heteroatoms. The van der Waals surface area contributed by atoms with Gasteiger partial charge in [-0.3, -0.25) is 9.59 Å². The zero-order valence-electron chi connectivity index (χ0n) is 19.6. The van der Waals surface area contributed by atoms with E-state index in [9.17, 15) is 9.59 Å². The summed E-state index contributed by atoms with van der Waals surface area (Å²) in [6.07, 6.45) is 12.8. The van der Waals surface area contributed by atoms with E-state index in [1.165, 1.54) is 12.8 Å². The van der Waals surface area contributed by atoms with Crippen molar-refractivity contribution in [1.82, 2.24) is 9.55 Å². The fourth-order valence-corrected chi connectivity index (χ4v) is 4.09. The molecule has 1 aromatic carbocycles. The fourth-order valence-electron chi connectivity index (χ4n) is 4.09. The van der Waals surface area contributed by atoms with Crippen molar-refractivity contribution in [3.63, 3.8) is 0 Å². The Bertz CT molecular complexity index is 1200. The number of ketones is 1. The quantitative estimate of drug-likeness (QED) is 0.502. The summed E-state index contributed by atoms with van der Waals surface area (Å²) < 4.78 is 1.71. The molecule has 165 valence electrons. The third kappa shape index (κ3) is 4.96. The first kappa shape index (κ1) is 23.4. The lowest BCUT2D eigenvalue weighted by molar-refractivity contribution is 0.102. The van der Waals surface area contributed by atoms with Crippen LogP contribution in [0.2, 0.25) is 0 Å². The first-order valence-electron chi connectivity index (χ1n) is 11.2. The molecule has 2 aromatic heterocycles. The maximum absolute atomic E-state index is 12.5. The zero-order valence-corrected chi connectivity index (χ0v) is 19.6. The topological polar surface area (TPSA) is 52.0 Å². The van der Waals surface area contributed by atoms with Gasteiger partial charge in [-0.2, -0.15) is 0 Å². The van der Waals surface area contributed by atoms with E-state index in [2.05, 4.69) is 36.2 Å². The second kappa shape index (κ2) is 10.4. The Morgan fingerprint density at radius 1 is 1.06 bits per heavy atom. The minimum Gasteiger partial charge on any atom is -0.335 e. The molecule has 1 radical (unpaired) electrons. The van der Waals surface area contributed by atoms with Gasteiger partial charge in [0.05, 0.1) is 16.9 Å². The third-order valence-electron chi connectivity index (χ3n) is 5.57. The summed E-state index contributed by atoms with van der Waals surface area (Å²) in [7, 11) is 1.78. The number of pyridine rings is 2. The number of carbonyl (C=O) groups is 1. The van der Waals surface area contributed by atoms with Crippen LogP contribution in [0.1, 0.15) is 47.8 Å². The van der Waals surface area contributed by atoms with Crippen LogP contribution in [-0.2, 0) is 19.9 Å². The number of hydrogen-bond donors (Lipinski definition) is 0. The minimum absolute atomic E-state index is 0.179. The lowest BCUT2D eigenvalue weighted by Gasteiger charge is -2.09. The van der Waals surface area contributed by atoms with Crippen LogP contribution in [0.3, 0.4) is 0 Å². The Hall–Kier alpha value is -3.27. The maximum Gasteiger partial charge on any atom is 0.201 e. The van der Waals surface area contributed by atoms with E-state index in [0.717, 1.165) is 11.5 Å².